The van der Waals surface area contributed by atoms with Gasteiger partial charge in [0.1, 0.15) is 11.6 Å². The van der Waals surface area contributed by atoms with Gasteiger partial charge < -0.3 is 20.3 Å². The highest BCUT2D eigenvalue weighted by Gasteiger charge is 2.33. The number of hydrogen-bond acceptors (Lipinski definition) is 3. The second-order valence-corrected chi connectivity index (χ2v) is 7.87. The van der Waals surface area contributed by atoms with E-state index in [0.717, 1.165) is 19.6 Å². The van der Waals surface area contributed by atoms with Crippen LogP contribution < -0.4 is 10.6 Å². The Morgan fingerprint density at radius 2 is 1.83 bits per heavy atom. The molecule has 5 nitrogen and oxygen atoms in total. The summed E-state index contributed by atoms with van der Waals surface area (Å²) >= 11 is 0. The van der Waals surface area contributed by atoms with E-state index >= 15 is 0 Å². The molecule has 0 aliphatic heterocycles. The summed E-state index contributed by atoms with van der Waals surface area (Å²) < 4.78 is 33.8. The summed E-state index contributed by atoms with van der Waals surface area (Å²) in [6.45, 7) is 1.91. The molecule has 1 aromatic carbocycles. The van der Waals surface area contributed by atoms with E-state index in [9.17, 15) is 8.78 Å². The summed E-state index contributed by atoms with van der Waals surface area (Å²) in [5.74, 6) is -0.423. The van der Waals surface area contributed by atoms with E-state index in [2.05, 4.69) is 15.6 Å². The van der Waals surface area contributed by atoms with Crippen LogP contribution in [0.1, 0.15) is 43.7 Å². The minimum absolute atomic E-state index is 0. The van der Waals surface area contributed by atoms with Crippen molar-refractivity contribution in [2.75, 3.05) is 47.9 Å². The lowest BCUT2D eigenvalue weighted by atomic mass is 9.83. The zero-order chi connectivity index (χ0) is 20.6. The zero-order valence-corrected chi connectivity index (χ0v) is 20.3. The molecule has 0 amide bonds. The second kappa shape index (κ2) is 12.6. The average molecular weight is 524 g/mol. The molecule has 0 aromatic heterocycles. The predicted molar refractivity (Wildman–Crippen MR) is 125 cm³/mol. The fourth-order valence-corrected chi connectivity index (χ4v) is 4.02. The molecule has 1 fully saturated rings. The molecule has 1 aliphatic carbocycles. The van der Waals surface area contributed by atoms with Crippen molar-refractivity contribution in [1.82, 2.24) is 15.5 Å². The molecule has 0 bridgehead atoms. The summed E-state index contributed by atoms with van der Waals surface area (Å²) in [6.07, 6.45) is 5.87. The summed E-state index contributed by atoms with van der Waals surface area (Å²) in [5.41, 5.74) is 0.300. The first kappa shape index (κ1) is 26.0. The molecule has 8 heteroatoms. The zero-order valence-electron chi connectivity index (χ0n) is 17.9. The van der Waals surface area contributed by atoms with Gasteiger partial charge in [0.25, 0.3) is 0 Å². The number of rotatable bonds is 9. The largest absolute Gasteiger partial charge is 0.385 e. The molecule has 2 N–H and O–H groups in total. The van der Waals surface area contributed by atoms with Gasteiger partial charge >= 0.3 is 0 Å². The van der Waals surface area contributed by atoms with Gasteiger partial charge in [0, 0.05) is 39.4 Å². The Balaban J connectivity index is 0.00000420. The minimum Gasteiger partial charge on any atom is -0.385 e. The van der Waals surface area contributed by atoms with Crippen molar-refractivity contribution in [1.29, 1.82) is 0 Å². The van der Waals surface area contributed by atoms with E-state index in [1.165, 1.54) is 43.9 Å². The molecule has 0 saturated heterocycles. The summed E-state index contributed by atoms with van der Waals surface area (Å²) in [4.78, 5) is 6.09. The van der Waals surface area contributed by atoms with Crippen LogP contribution in [0.4, 0.5) is 8.78 Å². The van der Waals surface area contributed by atoms with E-state index in [-0.39, 0.29) is 35.0 Å². The van der Waals surface area contributed by atoms with Gasteiger partial charge in [-0.15, -0.1) is 24.0 Å². The molecule has 0 spiro atoms. The number of methoxy groups -OCH3 is 1. The SMILES string of the molecule is CN=C(NCC(c1c(F)cccc1F)N(C)C)NCC1(CCOC)CCCC1.I. The number of guanidine groups is 1. The average Bonchev–Trinajstić information content (AvgIpc) is 3.13. The molecule has 166 valence electrons. The van der Waals surface area contributed by atoms with Crippen molar-refractivity contribution in [3.05, 3.63) is 35.4 Å². The van der Waals surface area contributed by atoms with Crippen molar-refractivity contribution in [2.45, 2.75) is 38.1 Å². The molecule has 1 aromatic rings. The third kappa shape index (κ3) is 7.32. The molecule has 1 atom stereocenters. The number of nitrogens with zero attached hydrogens (tertiary/aromatic N) is 2. The Morgan fingerprint density at radius 1 is 1.21 bits per heavy atom. The summed E-state index contributed by atoms with van der Waals surface area (Å²) in [6, 6.07) is 3.52. The topological polar surface area (TPSA) is 48.9 Å². The van der Waals surface area contributed by atoms with Gasteiger partial charge in [-0.3, -0.25) is 4.99 Å². The third-order valence-corrected chi connectivity index (χ3v) is 5.77. The second-order valence-electron chi connectivity index (χ2n) is 7.87. The fourth-order valence-electron chi connectivity index (χ4n) is 4.02. The van der Waals surface area contributed by atoms with Crippen molar-refractivity contribution < 1.29 is 13.5 Å². The van der Waals surface area contributed by atoms with Crippen LogP contribution in [0.3, 0.4) is 0 Å². The Bertz CT molecular complexity index is 631. The van der Waals surface area contributed by atoms with Crippen molar-refractivity contribution in [3.63, 3.8) is 0 Å². The monoisotopic (exact) mass is 524 g/mol. The van der Waals surface area contributed by atoms with Gasteiger partial charge in [-0.25, -0.2) is 8.78 Å². The number of hydrogen-bond donors (Lipinski definition) is 2. The molecule has 1 unspecified atom stereocenters. The Morgan fingerprint density at radius 3 is 2.34 bits per heavy atom. The van der Waals surface area contributed by atoms with Crippen LogP contribution in [-0.4, -0.2) is 58.8 Å². The number of halogens is 3. The van der Waals surface area contributed by atoms with Crippen LogP contribution in [0.2, 0.25) is 0 Å². The van der Waals surface area contributed by atoms with Crippen molar-refractivity contribution in [2.24, 2.45) is 10.4 Å². The van der Waals surface area contributed by atoms with E-state index < -0.39 is 17.7 Å². The van der Waals surface area contributed by atoms with Crippen LogP contribution in [0.15, 0.2) is 23.2 Å². The van der Waals surface area contributed by atoms with Crippen LogP contribution in [-0.2, 0) is 4.74 Å². The first-order chi connectivity index (χ1) is 13.4. The number of likely N-dealkylation sites (N-methyl/N-ethyl adjacent to an activating group) is 1. The number of benzene rings is 1. The Kier molecular flexibility index (Phi) is 11.3. The number of aliphatic imine (C=N–C) groups is 1. The quantitative estimate of drug-likeness (QED) is 0.292. The van der Waals surface area contributed by atoms with Crippen LogP contribution in [0.5, 0.6) is 0 Å². The predicted octanol–water partition coefficient (Wildman–Crippen LogP) is 3.95. The maximum Gasteiger partial charge on any atom is 0.191 e. The highest BCUT2D eigenvalue weighted by Crippen LogP contribution is 2.40. The lowest BCUT2D eigenvalue weighted by Crippen LogP contribution is -2.45. The van der Waals surface area contributed by atoms with E-state index in [1.807, 2.05) is 14.1 Å². The van der Waals surface area contributed by atoms with Crippen molar-refractivity contribution >= 4 is 29.9 Å². The van der Waals surface area contributed by atoms with E-state index in [4.69, 9.17) is 4.74 Å². The lowest BCUT2D eigenvalue weighted by Gasteiger charge is -2.31. The fraction of sp³-hybridized carbons (Fsp3) is 0.667. The molecule has 29 heavy (non-hydrogen) atoms. The smallest absolute Gasteiger partial charge is 0.191 e. The van der Waals surface area contributed by atoms with E-state index in [1.54, 1.807) is 19.1 Å². The van der Waals surface area contributed by atoms with Gasteiger partial charge in [-0.2, -0.15) is 0 Å². The van der Waals surface area contributed by atoms with Gasteiger partial charge in [-0.05, 0) is 50.9 Å². The lowest BCUT2D eigenvalue weighted by molar-refractivity contribution is 0.138. The molecular weight excluding hydrogens is 489 g/mol. The first-order valence-electron chi connectivity index (χ1n) is 9.96. The van der Waals surface area contributed by atoms with Gasteiger partial charge in [0.05, 0.1) is 6.04 Å². The maximum absolute atomic E-state index is 14.2. The molecule has 0 heterocycles. The molecular formula is C21H35F2IN4O. The highest BCUT2D eigenvalue weighted by molar-refractivity contribution is 14.0. The van der Waals surface area contributed by atoms with Gasteiger partial charge in [0.15, 0.2) is 5.96 Å². The Hall–Kier alpha value is -1.00. The van der Waals surface area contributed by atoms with Crippen molar-refractivity contribution in [3.8, 4) is 0 Å². The van der Waals surface area contributed by atoms with Crippen LogP contribution in [0, 0.1) is 17.0 Å². The molecule has 1 saturated carbocycles. The third-order valence-electron chi connectivity index (χ3n) is 5.77. The van der Waals surface area contributed by atoms with E-state index in [0.29, 0.717) is 12.5 Å². The Labute approximate surface area is 190 Å². The molecule has 0 radical (unpaired) electrons. The standard InChI is InChI=1S/C21H34F2N4O.HI/c1-24-20(26-15-21(12-13-28-4)10-5-6-11-21)25-14-18(27(2)3)19-16(22)8-7-9-17(19)23;/h7-9,18H,5-6,10-15H2,1-4H3,(H2,24,25,26);1H. The van der Waals surface area contributed by atoms with Crippen LogP contribution in [0.25, 0.3) is 0 Å². The summed E-state index contributed by atoms with van der Waals surface area (Å²) in [5, 5.41) is 6.65. The molecule has 1 aliphatic rings. The minimum atomic E-state index is -0.534. The van der Waals surface area contributed by atoms with Gasteiger partial charge in [0.2, 0.25) is 0 Å². The number of nitrogens with one attached hydrogen (secondary N) is 2. The summed E-state index contributed by atoms with van der Waals surface area (Å²) in [7, 11) is 7.07. The molecule has 2 rings (SSSR count). The number of ether oxygens (including phenoxy) is 1. The highest BCUT2D eigenvalue weighted by atomic mass is 127. The normalized spacial score (nSPS) is 17.1. The maximum atomic E-state index is 14.2. The first-order valence-corrected chi connectivity index (χ1v) is 9.96. The van der Waals surface area contributed by atoms with Crippen LogP contribution >= 0.6 is 24.0 Å². The van der Waals surface area contributed by atoms with Gasteiger partial charge in [-0.1, -0.05) is 18.9 Å².